The van der Waals surface area contributed by atoms with Crippen molar-refractivity contribution in [2.45, 2.75) is 0 Å². The number of hydrogen-bond acceptors (Lipinski definition) is 7. The van der Waals surface area contributed by atoms with E-state index >= 15 is 0 Å². The number of amides is 3. The molecule has 1 saturated heterocycles. The van der Waals surface area contributed by atoms with Crippen molar-refractivity contribution in [2.24, 2.45) is 0 Å². The Morgan fingerprint density at radius 2 is 1.76 bits per heavy atom. The summed E-state index contributed by atoms with van der Waals surface area (Å²) >= 11 is 6.45. The third-order valence-electron chi connectivity index (χ3n) is 5.19. The number of nitrogens with one attached hydrogen (secondary N) is 1. The third-order valence-corrected chi connectivity index (χ3v) is 6.64. The summed E-state index contributed by atoms with van der Waals surface area (Å²) in [5.74, 6) is -0.431. The van der Waals surface area contributed by atoms with Gasteiger partial charge in [-0.15, -0.1) is 0 Å². The molecule has 8 nitrogen and oxygen atoms in total. The van der Waals surface area contributed by atoms with E-state index in [2.05, 4.69) is 5.32 Å². The molecule has 0 aliphatic carbocycles. The number of rotatable bonds is 7. The van der Waals surface area contributed by atoms with Gasteiger partial charge in [0.25, 0.3) is 11.8 Å². The Kier molecular flexibility index (Phi) is 6.77. The molecule has 1 fully saturated rings. The molecule has 2 aliphatic rings. The average Bonchev–Trinajstić information content (AvgIpc) is 3.25. The zero-order chi connectivity index (χ0) is 23.5. The molecule has 0 atom stereocenters. The van der Waals surface area contributed by atoms with E-state index in [9.17, 15) is 14.4 Å². The van der Waals surface area contributed by atoms with Crippen LogP contribution in [0.2, 0.25) is 0 Å². The van der Waals surface area contributed by atoms with E-state index in [0.29, 0.717) is 40.2 Å². The van der Waals surface area contributed by atoms with Crippen molar-refractivity contribution in [3.63, 3.8) is 0 Å². The van der Waals surface area contributed by atoms with Crippen LogP contribution in [0.15, 0.2) is 53.4 Å². The van der Waals surface area contributed by atoms with E-state index in [1.54, 1.807) is 62.8 Å². The summed E-state index contributed by atoms with van der Waals surface area (Å²) in [5.41, 5.74) is 2.02. The first-order valence-electron chi connectivity index (χ1n) is 10.1. The van der Waals surface area contributed by atoms with Gasteiger partial charge in [-0.3, -0.25) is 24.2 Å². The molecule has 33 heavy (non-hydrogen) atoms. The number of ether oxygens (including phenoxy) is 2. The van der Waals surface area contributed by atoms with Crippen molar-refractivity contribution in [1.29, 1.82) is 0 Å². The Morgan fingerprint density at radius 3 is 2.45 bits per heavy atom. The third kappa shape index (κ3) is 4.50. The Bertz CT molecular complexity index is 1160. The molecule has 0 spiro atoms. The first kappa shape index (κ1) is 23.0. The Hall–Kier alpha value is -3.21. The molecule has 2 aromatic carbocycles. The summed E-state index contributed by atoms with van der Waals surface area (Å²) < 4.78 is 10.6. The van der Waals surface area contributed by atoms with E-state index in [4.69, 9.17) is 21.7 Å². The van der Waals surface area contributed by atoms with Gasteiger partial charge in [-0.05, 0) is 30.3 Å². The van der Waals surface area contributed by atoms with Crippen molar-refractivity contribution in [1.82, 2.24) is 4.90 Å². The maximum atomic E-state index is 13.4. The highest BCUT2D eigenvalue weighted by Crippen LogP contribution is 2.44. The van der Waals surface area contributed by atoms with E-state index in [1.165, 1.54) is 9.80 Å². The molecule has 2 heterocycles. The Morgan fingerprint density at radius 1 is 1.03 bits per heavy atom. The number of anilines is 2. The first-order valence-corrected chi connectivity index (χ1v) is 11.3. The number of benzene rings is 2. The van der Waals surface area contributed by atoms with E-state index in [1.807, 2.05) is 0 Å². The fourth-order valence-electron chi connectivity index (χ4n) is 3.60. The molecule has 0 aromatic heterocycles. The summed E-state index contributed by atoms with van der Waals surface area (Å²) in [5, 5.41) is 2.78. The minimum Gasteiger partial charge on any atom is -0.497 e. The lowest BCUT2D eigenvalue weighted by Gasteiger charge is -2.17. The lowest BCUT2D eigenvalue weighted by atomic mass is 10.1. The van der Waals surface area contributed by atoms with Crippen LogP contribution in [0.1, 0.15) is 5.56 Å². The lowest BCUT2D eigenvalue weighted by molar-refractivity contribution is -0.122. The molecule has 170 valence electrons. The van der Waals surface area contributed by atoms with E-state index in [-0.39, 0.29) is 28.8 Å². The number of carbonyl (C=O) groups excluding carboxylic acids is 3. The van der Waals surface area contributed by atoms with Gasteiger partial charge in [-0.25, -0.2) is 0 Å². The van der Waals surface area contributed by atoms with Crippen LogP contribution in [0.3, 0.4) is 0 Å². The highest BCUT2D eigenvalue weighted by atomic mass is 32.2. The van der Waals surface area contributed by atoms with Crippen LogP contribution in [0.25, 0.3) is 5.57 Å². The molecule has 0 bridgehead atoms. The van der Waals surface area contributed by atoms with E-state index in [0.717, 1.165) is 11.8 Å². The van der Waals surface area contributed by atoms with Gasteiger partial charge >= 0.3 is 0 Å². The van der Waals surface area contributed by atoms with Gasteiger partial charge < -0.3 is 14.8 Å². The Balaban J connectivity index is 1.59. The lowest BCUT2D eigenvalue weighted by Crippen LogP contribution is -2.35. The van der Waals surface area contributed by atoms with Crippen molar-refractivity contribution in [2.75, 3.05) is 44.1 Å². The molecule has 0 radical (unpaired) electrons. The van der Waals surface area contributed by atoms with Crippen molar-refractivity contribution >= 4 is 63.0 Å². The van der Waals surface area contributed by atoms with Gasteiger partial charge in [-0.2, -0.15) is 0 Å². The smallest absolute Gasteiger partial charge is 0.267 e. The zero-order valence-electron chi connectivity index (χ0n) is 18.0. The molecule has 3 amide bonds. The molecule has 2 aromatic rings. The number of hydrogen-bond donors (Lipinski definition) is 1. The second kappa shape index (κ2) is 9.74. The standard InChI is InChI=1S/C23H21N3O5S2/c1-30-12-11-25-22(29)20(33-23(25)32)19-16-5-3-4-6-17(16)26(21(19)28)13-18(27)24-14-7-9-15(31-2)10-8-14/h3-10H,11-13H2,1-2H3,(H,24,27). The van der Waals surface area contributed by atoms with Gasteiger partial charge in [0, 0.05) is 18.4 Å². The second-order valence-electron chi connectivity index (χ2n) is 7.21. The molecule has 2 aliphatic heterocycles. The van der Waals surface area contributed by atoms with Gasteiger partial charge in [0.1, 0.15) is 16.6 Å². The Labute approximate surface area is 200 Å². The fraction of sp³-hybridized carbons (Fsp3) is 0.217. The van der Waals surface area contributed by atoms with Crippen LogP contribution < -0.4 is 15.0 Å². The quantitative estimate of drug-likeness (QED) is 0.479. The summed E-state index contributed by atoms with van der Waals surface area (Å²) in [6.45, 7) is 0.439. The minimum absolute atomic E-state index is 0.199. The predicted octanol–water partition coefficient (Wildman–Crippen LogP) is 2.90. The van der Waals surface area contributed by atoms with E-state index < -0.39 is 5.91 Å². The second-order valence-corrected chi connectivity index (χ2v) is 8.85. The molecular formula is C23H21N3O5S2. The summed E-state index contributed by atoms with van der Waals surface area (Å²) in [4.78, 5) is 42.3. The van der Waals surface area contributed by atoms with Gasteiger partial charge in [0.2, 0.25) is 5.91 Å². The van der Waals surface area contributed by atoms with Crippen LogP contribution in [0.5, 0.6) is 5.75 Å². The SMILES string of the molecule is COCCN1C(=O)C(=C2C(=O)N(CC(=O)Nc3ccc(OC)cc3)c3ccccc32)SC1=S. The average molecular weight is 484 g/mol. The van der Waals surface area contributed by atoms with Gasteiger partial charge in [0.15, 0.2) is 0 Å². The molecule has 0 unspecified atom stereocenters. The number of methoxy groups -OCH3 is 2. The fourth-order valence-corrected chi connectivity index (χ4v) is 4.98. The normalized spacial score (nSPS) is 17.6. The zero-order valence-corrected chi connectivity index (χ0v) is 19.6. The number of thiocarbonyl (C=S) groups is 1. The molecule has 0 saturated carbocycles. The maximum Gasteiger partial charge on any atom is 0.267 e. The number of fused-ring (bicyclic) bond motifs is 1. The maximum absolute atomic E-state index is 13.4. The molecule has 10 heteroatoms. The topological polar surface area (TPSA) is 88.2 Å². The molecule has 1 N–H and O–H groups in total. The largest absolute Gasteiger partial charge is 0.497 e. The highest BCUT2D eigenvalue weighted by molar-refractivity contribution is 8.26. The number of nitrogens with zero attached hydrogens (tertiary/aromatic N) is 2. The molecule has 4 rings (SSSR count). The number of thioether (sulfide) groups is 1. The monoisotopic (exact) mass is 483 g/mol. The van der Waals surface area contributed by atoms with Crippen LogP contribution in [0.4, 0.5) is 11.4 Å². The minimum atomic E-state index is -0.409. The summed E-state index contributed by atoms with van der Waals surface area (Å²) in [6, 6.07) is 14.0. The van der Waals surface area contributed by atoms with Crippen molar-refractivity contribution in [3.8, 4) is 5.75 Å². The molecular weight excluding hydrogens is 462 g/mol. The first-order chi connectivity index (χ1) is 15.9. The number of carbonyl (C=O) groups is 3. The van der Waals surface area contributed by atoms with Crippen LogP contribution in [-0.2, 0) is 19.1 Å². The van der Waals surface area contributed by atoms with Crippen molar-refractivity contribution < 1.29 is 23.9 Å². The summed E-state index contributed by atoms with van der Waals surface area (Å²) in [6.07, 6.45) is 0. The summed E-state index contributed by atoms with van der Waals surface area (Å²) in [7, 11) is 3.11. The van der Waals surface area contributed by atoms with Gasteiger partial charge in [-0.1, -0.05) is 42.2 Å². The predicted molar refractivity (Wildman–Crippen MR) is 131 cm³/mol. The van der Waals surface area contributed by atoms with Crippen LogP contribution in [-0.4, -0.2) is 60.9 Å². The van der Waals surface area contributed by atoms with Crippen LogP contribution in [0, 0.1) is 0 Å². The highest BCUT2D eigenvalue weighted by Gasteiger charge is 2.42. The van der Waals surface area contributed by atoms with Crippen LogP contribution >= 0.6 is 24.0 Å². The van der Waals surface area contributed by atoms with Gasteiger partial charge in [0.05, 0.1) is 36.4 Å². The number of para-hydroxylation sites is 1. The van der Waals surface area contributed by atoms with Crippen molar-refractivity contribution in [3.05, 3.63) is 59.0 Å².